The molecule has 0 N–H and O–H groups in total. The van der Waals surface area contributed by atoms with Crippen LogP contribution in [0.1, 0.15) is 48.8 Å². The first kappa shape index (κ1) is 18.2. The summed E-state index contributed by atoms with van der Waals surface area (Å²) in [4.78, 5) is 4.68. The van der Waals surface area contributed by atoms with Crippen molar-refractivity contribution in [1.29, 1.82) is 0 Å². The van der Waals surface area contributed by atoms with E-state index in [0.717, 1.165) is 11.3 Å². The summed E-state index contributed by atoms with van der Waals surface area (Å²) >= 11 is 0. The van der Waals surface area contributed by atoms with Gasteiger partial charge in [-0.3, -0.25) is 4.99 Å². The van der Waals surface area contributed by atoms with E-state index < -0.39 is 0 Å². The van der Waals surface area contributed by atoms with E-state index in [1.165, 1.54) is 28.2 Å². The van der Waals surface area contributed by atoms with Crippen LogP contribution in [0.4, 0.5) is 5.69 Å². The molecule has 0 amide bonds. The molecule has 2 aromatic carbocycles. The number of hydrogen-bond donors (Lipinski definition) is 0. The third-order valence-corrected chi connectivity index (χ3v) is 4.85. The monoisotopic (exact) mass is 344 g/mol. The molecule has 0 unspecified atom stereocenters. The fourth-order valence-electron chi connectivity index (χ4n) is 3.20. The molecule has 0 fully saturated rings. The van der Waals surface area contributed by atoms with Crippen LogP contribution in [0, 0.1) is 20.8 Å². The van der Waals surface area contributed by atoms with Gasteiger partial charge in [0.1, 0.15) is 0 Å². The molecule has 134 valence electrons. The highest BCUT2D eigenvalue weighted by Gasteiger charge is 2.13. The van der Waals surface area contributed by atoms with Gasteiger partial charge >= 0.3 is 0 Å². The van der Waals surface area contributed by atoms with Crippen molar-refractivity contribution in [2.45, 2.75) is 47.0 Å². The van der Waals surface area contributed by atoms with E-state index in [-0.39, 0.29) is 5.41 Å². The van der Waals surface area contributed by atoms with Crippen LogP contribution in [0.15, 0.2) is 59.6 Å². The zero-order valence-electron chi connectivity index (χ0n) is 16.7. The second-order valence-corrected chi connectivity index (χ2v) is 8.05. The van der Waals surface area contributed by atoms with E-state index in [1.807, 2.05) is 6.21 Å². The zero-order chi connectivity index (χ0) is 18.9. The van der Waals surface area contributed by atoms with Crippen molar-refractivity contribution in [3.05, 3.63) is 82.7 Å². The maximum Gasteiger partial charge on any atom is 0.0630 e. The normalized spacial score (nSPS) is 12.1. The number of nitrogens with zero attached hydrogens (tertiary/aromatic N) is 2. The minimum absolute atomic E-state index is 0.168. The van der Waals surface area contributed by atoms with Crippen LogP contribution in [0.25, 0.3) is 5.69 Å². The molecule has 0 saturated carbocycles. The van der Waals surface area contributed by atoms with Crippen LogP contribution in [0.3, 0.4) is 0 Å². The Hall–Kier alpha value is -2.61. The maximum absolute atomic E-state index is 4.68. The molecule has 0 aliphatic carbocycles. The van der Waals surface area contributed by atoms with Crippen LogP contribution in [-0.2, 0) is 5.41 Å². The van der Waals surface area contributed by atoms with Crippen LogP contribution in [0.5, 0.6) is 0 Å². The molecule has 0 spiro atoms. The maximum atomic E-state index is 4.68. The summed E-state index contributed by atoms with van der Waals surface area (Å²) in [5.41, 5.74) is 8.53. The Bertz CT molecular complexity index is 918. The fraction of sp³-hybridized carbons (Fsp3) is 0.292. The summed E-state index contributed by atoms with van der Waals surface area (Å²) in [6.45, 7) is 13.1. The predicted molar refractivity (Wildman–Crippen MR) is 112 cm³/mol. The Labute approximate surface area is 157 Å². The largest absolute Gasteiger partial charge is 0.318 e. The van der Waals surface area contributed by atoms with Gasteiger partial charge < -0.3 is 4.57 Å². The molecule has 2 nitrogen and oxygen atoms in total. The lowest BCUT2D eigenvalue weighted by molar-refractivity contribution is 0.590. The highest BCUT2D eigenvalue weighted by atomic mass is 15.0. The average molecular weight is 345 g/mol. The fourth-order valence-corrected chi connectivity index (χ4v) is 3.20. The molecule has 0 bridgehead atoms. The van der Waals surface area contributed by atoms with Gasteiger partial charge in [0.25, 0.3) is 0 Å². The number of aromatic nitrogens is 1. The molecule has 3 rings (SSSR count). The van der Waals surface area contributed by atoms with Gasteiger partial charge in [-0.25, -0.2) is 0 Å². The molecule has 1 aromatic heterocycles. The molecule has 26 heavy (non-hydrogen) atoms. The van der Waals surface area contributed by atoms with Crippen molar-refractivity contribution in [3.8, 4) is 5.69 Å². The van der Waals surface area contributed by atoms with E-state index in [4.69, 9.17) is 0 Å². The summed E-state index contributed by atoms with van der Waals surface area (Å²) in [6, 6.07) is 19.4. The summed E-state index contributed by atoms with van der Waals surface area (Å²) in [5, 5.41) is 0. The Balaban J connectivity index is 1.88. The molecule has 3 aromatic rings. The molecule has 1 heterocycles. The van der Waals surface area contributed by atoms with E-state index in [0.29, 0.717) is 0 Å². The highest BCUT2D eigenvalue weighted by Crippen LogP contribution is 2.25. The first-order chi connectivity index (χ1) is 12.3. The number of rotatable bonds is 3. The van der Waals surface area contributed by atoms with Gasteiger partial charge in [0.05, 0.1) is 5.69 Å². The van der Waals surface area contributed by atoms with Gasteiger partial charge in [-0.05, 0) is 62.1 Å². The Morgan fingerprint density at radius 3 is 2.04 bits per heavy atom. The highest BCUT2D eigenvalue weighted by molar-refractivity contribution is 5.84. The number of aliphatic imine (C=N–C) groups is 1. The van der Waals surface area contributed by atoms with Crippen LogP contribution in [0.2, 0.25) is 0 Å². The summed E-state index contributed by atoms with van der Waals surface area (Å²) in [5.74, 6) is 0. The lowest BCUT2D eigenvalue weighted by Crippen LogP contribution is -2.10. The van der Waals surface area contributed by atoms with Crippen molar-refractivity contribution in [3.63, 3.8) is 0 Å². The second-order valence-electron chi connectivity index (χ2n) is 8.05. The van der Waals surface area contributed by atoms with E-state index >= 15 is 0 Å². The third kappa shape index (κ3) is 3.80. The van der Waals surface area contributed by atoms with Gasteiger partial charge in [0.15, 0.2) is 0 Å². The van der Waals surface area contributed by atoms with Gasteiger partial charge in [-0.2, -0.15) is 0 Å². The van der Waals surface area contributed by atoms with Crippen molar-refractivity contribution < 1.29 is 0 Å². The van der Waals surface area contributed by atoms with Crippen molar-refractivity contribution in [2.75, 3.05) is 0 Å². The Kier molecular flexibility index (Phi) is 4.86. The first-order valence-electron chi connectivity index (χ1n) is 9.16. The molecule has 0 aliphatic rings. The molecule has 0 saturated heterocycles. The van der Waals surface area contributed by atoms with E-state index in [9.17, 15) is 0 Å². The van der Waals surface area contributed by atoms with Crippen molar-refractivity contribution in [1.82, 2.24) is 4.57 Å². The molecular weight excluding hydrogens is 316 g/mol. The SMILES string of the molecule is Cc1ccc(-n2c(C)cc(C=Nc3ccc(C(C)(C)C)cc3)c2C)cc1. The number of aryl methyl sites for hydroxylation is 2. The standard InChI is InChI=1S/C24H28N2/c1-17-7-13-23(14-8-17)26-18(2)15-20(19(26)3)16-25-22-11-9-21(10-12-22)24(4,5)6/h7-16H,1-6H3. The van der Waals surface area contributed by atoms with Crippen molar-refractivity contribution >= 4 is 11.9 Å². The molecule has 0 aliphatic heterocycles. The quantitative estimate of drug-likeness (QED) is 0.486. The molecule has 0 radical (unpaired) electrons. The average Bonchev–Trinajstić information content (AvgIpc) is 2.87. The Morgan fingerprint density at radius 1 is 0.846 bits per heavy atom. The van der Waals surface area contributed by atoms with Gasteiger partial charge in [-0.15, -0.1) is 0 Å². The van der Waals surface area contributed by atoms with Crippen molar-refractivity contribution in [2.24, 2.45) is 4.99 Å². The summed E-state index contributed by atoms with van der Waals surface area (Å²) in [7, 11) is 0. The van der Waals surface area contributed by atoms with E-state index in [1.54, 1.807) is 0 Å². The van der Waals surface area contributed by atoms with E-state index in [2.05, 4.69) is 106 Å². The predicted octanol–water partition coefficient (Wildman–Crippen LogP) is 6.45. The molecular formula is C24H28N2. The number of benzene rings is 2. The van der Waals surface area contributed by atoms with Gasteiger partial charge in [0, 0.05) is 28.9 Å². The number of hydrogen-bond acceptors (Lipinski definition) is 1. The van der Waals surface area contributed by atoms with Gasteiger partial charge in [-0.1, -0.05) is 50.6 Å². The Morgan fingerprint density at radius 2 is 1.46 bits per heavy atom. The first-order valence-corrected chi connectivity index (χ1v) is 9.16. The van der Waals surface area contributed by atoms with Crippen LogP contribution in [-0.4, -0.2) is 10.8 Å². The molecule has 0 atom stereocenters. The third-order valence-electron chi connectivity index (χ3n) is 4.85. The minimum Gasteiger partial charge on any atom is -0.318 e. The zero-order valence-corrected chi connectivity index (χ0v) is 16.7. The summed E-state index contributed by atoms with van der Waals surface area (Å²) in [6.07, 6.45) is 1.97. The lowest BCUT2D eigenvalue weighted by Gasteiger charge is -2.18. The van der Waals surface area contributed by atoms with Crippen LogP contribution >= 0.6 is 0 Å². The minimum atomic E-state index is 0.168. The van der Waals surface area contributed by atoms with Crippen LogP contribution < -0.4 is 0 Å². The molecule has 2 heteroatoms. The topological polar surface area (TPSA) is 17.3 Å². The second kappa shape index (κ2) is 6.95. The smallest absolute Gasteiger partial charge is 0.0630 e. The summed E-state index contributed by atoms with van der Waals surface area (Å²) < 4.78 is 2.28. The van der Waals surface area contributed by atoms with Gasteiger partial charge in [0.2, 0.25) is 0 Å². The lowest BCUT2D eigenvalue weighted by atomic mass is 9.87.